The van der Waals surface area contributed by atoms with Crippen LogP contribution in [-0.4, -0.2) is 31.3 Å². The standard InChI is InChI=1S/C23H18N2O4S2/c26-17-9-8-14(10-18(17)27)19(28)12-31-23-24-21-20(16(11-30-21)13-6-7-13)22(29)25(23)15-4-2-1-3-5-15/h1-5,8-11,13,26-27H,6-7,12H2. The van der Waals surface area contributed by atoms with E-state index in [0.29, 0.717) is 27.0 Å². The minimum atomic E-state index is -0.345. The van der Waals surface area contributed by atoms with Gasteiger partial charge in [0, 0.05) is 5.56 Å². The molecule has 1 aliphatic carbocycles. The Hall–Kier alpha value is -3.10. The van der Waals surface area contributed by atoms with Gasteiger partial charge >= 0.3 is 0 Å². The van der Waals surface area contributed by atoms with Crippen molar-refractivity contribution in [2.75, 3.05) is 5.75 Å². The monoisotopic (exact) mass is 450 g/mol. The number of rotatable bonds is 6. The molecule has 0 bridgehead atoms. The van der Waals surface area contributed by atoms with Crippen molar-refractivity contribution in [3.8, 4) is 17.2 Å². The van der Waals surface area contributed by atoms with Crippen LogP contribution < -0.4 is 5.56 Å². The molecule has 5 rings (SSSR count). The van der Waals surface area contributed by atoms with E-state index in [-0.39, 0.29) is 34.2 Å². The van der Waals surface area contributed by atoms with Crippen LogP contribution in [0, 0.1) is 0 Å². The zero-order valence-electron chi connectivity index (χ0n) is 16.3. The lowest BCUT2D eigenvalue weighted by atomic mass is 10.1. The summed E-state index contributed by atoms with van der Waals surface area (Å²) in [5.41, 5.74) is 1.95. The number of ketones is 1. The molecule has 0 unspecified atom stereocenters. The minimum Gasteiger partial charge on any atom is -0.504 e. The Morgan fingerprint density at radius 2 is 1.90 bits per heavy atom. The zero-order chi connectivity index (χ0) is 21.5. The maximum Gasteiger partial charge on any atom is 0.267 e. The summed E-state index contributed by atoms with van der Waals surface area (Å²) in [6.07, 6.45) is 2.20. The fourth-order valence-electron chi connectivity index (χ4n) is 3.50. The molecule has 8 heteroatoms. The van der Waals surface area contributed by atoms with Crippen molar-refractivity contribution in [1.29, 1.82) is 0 Å². The van der Waals surface area contributed by atoms with Crippen LogP contribution in [0.2, 0.25) is 0 Å². The van der Waals surface area contributed by atoms with Gasteiger partial charge in [0.15, 0.2) is 22.4 Å². The number of benzene rings is 2. The molecule has 2 aromatic heterocycles. The van der Waals surface area contributed by atoms with Crippen molar-refractivity contribution in [3.05, 3.63) is 75.4 Å². The van der Waals surface area contributed by atoms with Crippen LogP contribution in [0.1, 0.15) is 34.7 Å². The number of phenolic OH excluding ortho intramolecular Hbond substituents is 2. The smallest absolute Gasteiger partial charge is 0.267 e. The summed E-state index contributed by atoms with van der Waals surface area (Å²) in [5.74, 6) is -0.384. The second-order valence-corrected chi connectivity index (χ2v) is 9.23. The van der Waals surface area contributed by atoms with Gasteiger partial charge in [0.1, 0.15) is 4.83 Å². The molecule has 2 aromatic carbocycles. The van der Waals surface area contributed by atoms with Crippen LogP contribution in [0.3, 0.4) is 0 Å². The molecule has 6 nitrogen and oxygen atoms in total. The van der Waals surface area contributed by atoms with Crippen molar-refractivity contribution >= 4 is 39.1 Å². The van der Waals surface area contributed by atoms with Crippen LogP contribution in [0.5, 0.6) is 11.5 Å². The van der Waals surface area contributed by atoms with E-state index in [1.807, 2.05) is 35.7 Å². The van der Waals surface area contributed by atoms with Gasteiger partial charge in [0.25, 0.3) is 5.56 Å². The van der Waals surface area contributed by atoms with Crippen LogP contribution >= 0.6 is 23.1 Å². The average Bonchev–Trinajstić information content (AvgIpc) is 3.53. The Bertz CT molecular complexity index is 1360. The van der Waals surface area contributed by atoms with Gasteiger partial charge in [-0.15, -0.1) is 11.3 Å². The number of hydrogen-bond acceptors (Lipinski definition) is 7. The molecule has 0 aliphatic heterocycles. The number of thiophene rings is 1. The third-order valence-electron chi connectivity index (χ3n) is 5.27. The molecule has 1 saturated carbocycles. The quantitative estimate of drug-likeness (QED) is 0.191. The largest absolute Gasteiger partial charge is 0.504 e. The summed E-state index contributed by atoms with van der Waals surface area (Å²) in [6.45, 7) is 0. The Labute approximate surface area is 185 Å². The lowest BCUT2D eigenvalue weighted by Gasteiger charge is -2.12. The number of para-hydroxylation sites is 1. The van der Waals surface area contributed by atoms with Gasteiger partial charge in [0.05, 0.1) is 16.8 Å². The number of Topliss-reactive ketones (excluding diaryl/α,β-unsaturated/α-hetero) is 1. The van der Waals surface area contributed by atoms with Gasteiger partial charge < -0.3 is 10.2 Å². The first kappa shape index (κ1) is 19.8. The van der Waals surface area contributed by atoms with Gasteiger partial charge in [-0.05, 0) is 60.0 Å². The lowest BCUT2D eigenvalue weighted by molar-refractivity contribution is 0.102. The third kappa shape index (κ3) is 3.73. The highest BCUT2D eigenvalue weighted by atomic mass is 32.2. The number of carbonyl (C=O) groups excluding carboxylic acids is 1. The molecule has 0 atom stereocenters. The summed E-state index contributed by atoms with van der Waals surface area (Å²) in [6, 6.07) is 13.3. The zero-order valence-corrected chi connectivity index (χ0v) is 17.9. The van der Waals surface area contributed by atoms with Crippen molar-refractivity contribution < 1.29 is 15.0 Å². The lowest BCUT2D eigenvalue weighted by Crippen LogP contribution is -2.22. The first-order valence-corrected chi connectivity index (χ1v) is 11.7. The predicted molar refractivity (Wildman–Crippen MR) is 122 cm³/mol. The van der Waals surface area contributed by atoms with E-state index in [1.165, 1.54) is 41.3 Å². The molecule has 0 radical (unpaired) electrons. The van der Waals surface area contributed by atoms with E-state index in [4.69, 9.17) is 4.98 Å². The second kappa shape index (κ2) is 7.86. The van der Waals surface area contributed by atoms with Crippen LogP contribution in [0.25, 0.3) is 15.9 Å². The van der Waals surface area contributed by atoms with E-state index in [0.717, 1.165) is 18.4 Å². The fourth-order valence-corrected chi connectivity index (χ4v) is 5.47. The Morgan fingerprint density at radius 1 is 1.13 bits per heavy atom. The fraction of sp³-hybridized carbons (Fsp3) is 0.174. The summed E-state index contributed by atoms with van der Waals surface area (Å²) in [7, 11) is 0. The topological polar surface area (TPSA) is 92.4 Å². The summed E-state index contributed by atoms with van der Waals surface area (Å²) >= 11 is 2.65. The number of phenols is 2. The number of fused-ring (bicyclic) bond motifs is 1. The van der Waals surface area contributed by atoms with E-state index < -0.39 is 0 Å². The van der Waals surface area contributed by atoms with Gasteiger partial charge in [-0.2, -0.15) is 0 Å². The molecule has 2 heterocycles. The molecule has 0 saturated heterocycles. The first-order chi connectivity index (χ1) is 15.0. The highest BCUT2D eigenvalue weighted by Crippen LogP contribution is 2.44. The van der Waals surface area contributed by atoms with Gasteiger partial charge in [-0.3, -0.25) is 14.2 Å². The highest BCUT2D eigenvalue weighted by Gasteiger charge is 2.29. The molecule has 2 N–H and O–H groups in total. The first-order valence-electron chi connectivity index (χ1n) is 9.80. The summed E-state index contributed by atoms with van der Waals surface area (Å²) < 4.78 is 1.58. The molecule has 1 aliphatic rings. The van der Waals surface area contributed by atoms with Crippen LogP contribution in [-0.2, 0) is 0 Å². The number of aromatic hydroxyl groups is 2. The number of nitrogens with zero attached hydrogens (tertiary/aromatic N) is 2. The summed E-state index contributed by atoms with van der Waals surface area (Å²) in [4.78, 5) is 31.6. The van der Waals surface area contributed by atoms with E-state index in [9.17, 15) is 19.8 Å². The number of aromatic nitrogens is 2. The SMILES string of the molecule is O=C(CSc1nc2scc(C3CC3)c2c(=O)n1-c1ccccc1)c1ccc(O)c(O)c1. The Morgan fingerprint density at radius 3 is 2.61 bits per heavy atom. The van der Waals surface area contributed by atoms with Crippen molar-refractivity contribution in [3.63, 3.8) is 0 Å². The average molecular weight is 451 g/mol. The molecule has 156 valence electrons. The Balaban J connectivity index is 1.55. The second-order valence-electron chi connectivity index (χ2n) is 7.43. The van der Waals surface area contributed by atoms with Gasteiger partial charge in [-0.25, -0.2) is 4.98 Å². The third-order valence-corrected chi connectivity index (χ3v) is 7.10. The van der Waals surface area contributed by atoms with Crippen LogP contribution in [0.15, 0.2) is 63.9 Å². The number of hydrogen-bond donors (Lipinski definition) is 2. The molecule has 31 heavy (non-hydrogen) atoms. The molecule has 0 spiro atoms. The Kier molecular flexibility index (Phi) is 5.03. The number of thioether (sulfide) groups is 1. The van der Waals surface area contributed by atoms with Crippen molar-refractivity contribution in [2.24, 2.45) is 0 Å². The van der Waals surface area contributed by atoms with Gasteiger partial charge in [-0.1, -0.05) is 30.0 Å². The molecule has 1 fully saturated rings. The highest BCUT2D eigenvalue weighted by molar-refractivity contribution is 7.99. The normalized spacial score (nSPS) is 13.5. The maximum absolute atomic E-state index is 13.5. The van der Waals surface area contributed by atoms with Crippen molar-refractivity contribution in [1.82, 2.24) is 9.55 Å². The van der Waals surface area contributed by atoms with Crippen LogP contribution in [0.4, 0.5) is 0 Å². The molecular formula is C23H18N2O4S2. The van der Waals surface area contributed by atoms with Gasteiger partial charge in [0.2, 0.25) is 0 Å². The molecule has 0 amide bonds. The maximum atomic E-state index is 13.5. The minimum absolute atomic E-state index is 0.0376. The predicted octanol–water partition coefficient (Wildman–Crippen LogP) is 4.71. The van der Waals surface area contributed by atoms with Crippen molar-refractivity contribution in [2.45, 2.75) is 23.9 Å². The molecular weight excluding hydrogens is 432 g/mol. The summed E-state index contributed by atoms with van der Waals surface area (Å²) in [5, 5.41) is 22.3. The van der Waals surface area contributed by atoms with E-state index >= 15 is 0 Å². The van der Waals surface area contributed by atoms with E-state index in [2.05, 4.69) is 0 Å². The van der Waals surface area contributed by atoms with E-state index in [1.54, 1.807) is 4.57 Å². The molecule has 4 aromatic rings. The number of carbonyl (C=O) groups is 1.